The van der Waals surface area contributed by atoms with E-state index in [2.05, 4.69) is 10.6 Å². The van der Waals surface area contributed by atoms with E-state index in [4.69, 9.17) is 16.2 Å². The van der Waals surface area contributed by atoms with Gasteiger partial charge in [-0.1, -0.05) is 11.6 Å². The number of allylic oxidation sites excluding steroid dienone is 4. The Hall–Kier alpha value is -2.68. The van der Waals surface area contributed by atoms with Gasteiger partial charge in [-0.25, -0.2) is 0 Å². The smallest absolute Gasteiger partial charge is 0.250 e. The molecule has 1 rings (SSSR count). The highest BCUT2D eigenvalue weighted by Crippen LogP contribution is 2.20. The van der Waals surface area contributed by atoms with Gasteiger partial charge < -0.3 is 26.8 Å². The van der Waals surface area contributed by atoms with E-state index < -0.39 is 11.8 Å². The van der Waals surface area contributed by atoms with Crippen LogP contribution < -0.4 is 22.1 Å². The van der Waals surface area contributed by atoms with Gasteiger partial charge in [0.1, 0.15) is 13.2 Å². The van der Waals surface area contributed by atoms with E-state index in [9.17, 15) is 19.2 Å². The van der Waals surface area contributed by atoms with Gasteiger partial charge in [0.2, 0.25) is 23.6 Å². The lowest BCUT2D eigenvalue weighted by atomic mass is 9.98. The zero-order valence-electron chi connectivity index (χ0n) is 14.0. The van der Waals surface area contributed by atoms with Crippen molar-refractivity contribution in [1.29, 1.82) is 0 Å². The number of nitrogens with one attached hydrogen (secondary N) is 2. The van der Waals surface area contributed by atoms with Gasteiger partial charge in [0, 0.05) is 25.1 Å². The fourth-order valence-corrected chi connectivity index (χ4v) is 2.14. The van der Waals surface area contributed by atoms with Crippen LogP contribution in [0.5, 0.6) is 0 Å². The maximum absolute atomic E-state index is 11.6. The first-order chi connectivity index (χ1) is 11.9. The molecular weight excluding hydrogens is 328 g/mol. The first-order valence-corrected chi connectivity index (χ1v) is 7.96. The van der Waals surface area contributed by atoms with Gasteiger partial charge in [0.15, 0.2) is 0 Å². The van der Waals surface area contributed by atoms with Crippen LogP contribution in [0.3, 0.4) is 0 Å². The summed E-state index contributed by atoms with van der Waals surface area (Å²) in [5, 5.41) is 5.32. The molecule has 0 heterocycles. The molecule has 0 aliphatic heterocycles. The number of rotatable bonds is 11. The van der Waals surface area contributed by atoms with Crippen LogP contribution >= 0.6 is 0 Å². The fourth-order valence-electron chi connectivity index (χ4n) is 2.14. The Bertz CT molecular complexity index is 583. The predicted molar refractivity (Wildman–Crippen MR) is 89.6 cm³/mol. The monoisotopic (exact) mass is 352 g/mol. The molecule has 0 fully saturated rings. The van der Waals surface area contributed by atoms with Crippen molar-refractivity contribution in [2.45, 2.75) is 32.1 Å². The Labute approximate surface area is 145 Å². The number of primary amides is 2. The topological polar surface area (TPSA) is 154 Å². The van der Waals surface area contributed by atoms with Crippen molar-refractivity contribution in [2.24, 2.45) is 11.5 Å². The van der Waals surface area contributed by atoms with Gasteiger partial charge >= 0.3 is 0 Å². The highest BCUT2D eigenvalue weighted by Gasteiger charge is 2.11. The summed E-state index contributed by atoms with van der Waals surface area (Å²) in [6, 6.07) is 0. The minimum absolute atomic E-state index is 0.128. The van der Waals surface area contributed by atoms with Crippen LogP contribution in [-0.2, 0) is 23.9 Å². The molecule has 1 aliphatic carbocycles. The normalized spacial score (nSPS) is 13.4. The van der Waals surface area contributed by atoms with Gasteiger partial charge in [-0.15, -0.1) is 0 Å². The highest BCUT2D eigenvalue weighted by atomic mass is 16.5. The molecule has 0 unspecified atom stereocenters. The van der Waals surface area contributed by atoms with Crippen LogP contribution in [0.1, 0.15) is 32.1 Å². The molecule has 9 heteroatoms. The van der Waals surface area contributed by atoms with Crippen molar-refractivity contribution in [3.63, 3.8) is 0 Å². The van der Waals surface area contributed by atoms with Crippen molar-refractivity contribution in [1.82, 2.24) is 10.6 Å². The average molecular weight is 352 g/mol. The van der Waals surface area contributed by atoms with Crippen molar-refractivity contribution in [3.8, 4) is 0 Å². The van der Waals surface area contributed by atoms with E-state index in [0.29, 0.717) is 19.3 Å². The lowest BCUT2D eigenvalue weighted by Gasteiger charge is -2.15. The average Bonchev–Trinajstić information content (AvgIpc) is 2.53. The van der Waals surface area contributed by atoms with Crippen LogP contribution in [-0.4, -0.2) is 43.4 Å². The van der Waals surface area contributed by atoms with Crippen LogP contribution in [0.2, 0.25) is 0 Å². The molecule has 4 amide bonds. The second-order valence-corrected chi connectivity index (χ2v) is 5.59. The number of ether oxygens (including phenoxy) is 1. The van der Waals surface area contributed by atoms with Gasteiger partial charge in [-0.2, -0.15) is 0 Å². The second kappa shape index (κ2) is 11.0. The maximum Gasteiger partial charge on any atom is 0.250 e. The molecule has 0 atom stereocenters. The highest BCUT2D eigenvalue weighted by molar-refractivity contribution is 5.80. The number of carbonyl (C=O) groups is 4. The SMILES string of the molecule is NC(=O)CCNC(=O)CCC1=CC=C(NC(=O)COCC(N)=O)CC1. The first-order valence-electron chi connectivity index (χ1n) is 7.96. The van der Waals surface area contributed by atoms with Gasteiger partial charge in [0.25, 0.3) is 0 Å². The Morgan fingerprint density at radius 3 is 2.32 bits per heavy atom. The van der Waals surface area contributed by atoms with Gasteiger partial charge in [-0.05, 0) is 25.3 Å². The fraction of sp³-hybridized carbons (Fsp3) is 0.500. The maximum atomic E-state index is 11.6. The minimum Gasteiger partial charge on any atom is -0.370 e. The van der Waals surface area contributed by atoms with Crippen LogP contribution in [0.25, 0.3) is 0 Å². The first kappa shape index (κ1) is 20.4. The molecule has 0 radical (unpaired) electrons. The Kier molecular flexibility index (Phi) is 8.94. The molecule has 0 saturated carbocycles. The van der Waals surface area contributed by atoms with Gasteiger partial charge in [0.05, 0.1) is 0 Å². The summed E-state index contributed by atoms with van der Waals surface area (Å²) in [6.07, 6.45) is 6.13. The summed E-state index contributed by atoms with van der Waals surface area (Å²) in [4.78, 5) is 44.3. The summed E-state index contributed by atoms with van der Waals surface area (Å²) < 4.78 is 4.83. The number of carbonyl (C=O) groups excluding carboxylic acids is 4. The Morgan fingerprint density at radius 2 is 1.72 bits per heavy atom. The largest absolute Gasteiger partial charge is 0.370 e. The molecule has 0 saturated heterocycles. The molecule has 0 spiro atoms. The van der Waals surface area contributed by atoms with Crippen molar-refractivity contribution >= 4 is 23.6 Å². The minimum atomic E-state index is -0.629. The summed E-state index contributed by atoms with van der Waals surface area (Å²) in [7, 11) is 0. The third kappa shape index (κ3) is 9.92. The second-order valence-electron chi connectivity index (χ2n) is 5.59. The molecule has 0 bridgehead atoms. The number of amides is 4. The molecule has 138 valence electrons. The number of hydrogen-bond donors (Lipinski definition) is 4. The summed E-state index contributed by atoms with van der Waals surface area (Å²) >= 11 is 0. The molecule has 0 aromatic heterocycles. The van der Waals surface area contributed by atoms with E-state index in [1.807, 2.05) is 6.08 Å². The van der Waals surface area contributed by atoms with Crippen LogP contribution in [0.15, 0.2) is 23.4 Å². The molecule has 0 aromatic rings. The molecule has 0 aromatic carbocycles. The van der Waals surface area contributed by atoms with E-state index in [-0.39, 0.29) is 38.0 Å². The molecule has 1 aliphatic rings. The third-order valence-corrected chi connectivity index (χ3v) is 3.38. The summed E-state index contributed by atoms with van der Waals surface area (Å²) in [6.45, 7) is -0.276. The van der Waals surface area contributed by atoms with Gasteiger partial charge in [-0.3, -0.25) is 19.2 Å². The molecular formula is C16H24N4O5. The van der Waals surface area contributed by atoms with Crippen LogP contribution in [0, 0.1) is 0 Å². The van der Waals surface area contributed by atoms with Crippen molar-refractivity contribution in [3.05, 3.63) is 23.4 Å². The zero-order chi connectivity index (χ0) is 18.7. The van der Waals surface area contributed by atoms with Crippen LogP contribution in [0.4, 0.5) is 0 Å². The van der Waals surface area contributed by atoms with E-state index >= 15 is 0 Å². The lowest BCUT2D eigenvalue weighted by molar-refractivity contribution is -0.129. The molecule has 25 heavy (non-hydrogen) atoms. The molecule has 9 nitrogen and oxygen atoms in total. The van der Waals surface area contributed by atoms with E-state index in [0.717, 1.165) is 17.7 Å². The quantitative estimate of drug-likeness (QED) is 0.375. The Morgan fingerprint density at radius 1 is 0.960 bits per heavy atom. The summed E-state index contributed by atoms with van der Waals surface area (Å²) in [5.74, 6) is -1.55. The third-order valence-electron chi connectivity index (χ3n) is 3.38. The Balaban J connectivity index is 2.27. The summed E-state index contributed by atoms with van der Waals surface area (Å²) in [5.41, 5.74) is 11.8. The van der Waals surface area contributed by atoms with E-state index in [1.165, 1.54) is 0 Å². The number of hydrogen-bond acceptors (Lipinski definition) is 5. The zero-order valence-corrected chi connectivity index (χ0v) is 14.0. The standard InChI is InChI=1S/C16H24N4O5/c17-13(21)7-8-19-15(23)6-3-11-1-4-12(5-2-11)20-16(24)10-25-9-14(18)22/h1,4H,2-3,5-10H2,(H2,17,21)(H2,18,22)(H,19,23)(H,20,24). The van der Waals surface area contributed by atoms with Crippen molar-refractivity contribution < 1.29 is 23.9 Å². The van der Waals surface area contributed by atoms with Crippen molar-refractivity contribution in [2.75, 3.05) is 19.8 Å². The molecule has 6 N–H and O–H groups in total. The van der Waals surface area contributed by atoms with E-state index in [1.54, 1.807) is 6.08 Å². The predicted octanol–water partition coefficient (Wildman–Crippen LogP) is -1.02. The number of nitrogens with two attached hydrogens (primary N) is 2. The lowest BCUT2D eigenvalue weighted by Crippen LogP contribution is -2.29.